The van der Waals surface area contributed by atoms with Crippen LogP contribution in [0.5, 0.6) is 0 Å². The molecule has 38 nitrogen and oxygen atoms in total. The zero-order valence-corrected chi connectivity index (χ0v) is 46.6. The summed E-state index contributed by atoms with van der Waals surface area (Å²) in [5, 5.41) is 223. The van der Waals surface area contributed by atoms with Crippen molar-refractivity contribution in [3.05, 3.63) is 0 Å². The van der Waals surface area contributed by atoms with Gasteiger partial charge in [0.25, 0.3) is 0 Å². The molecule has 0 aliphatic carbocycles. The largest absolute Gasteiger partial charge is 0.394 e. The van der Waals surface area contributed by atoms with Crippen molar-refractivity contribution in [2.24, 2.45) is 0 Å². The maximum absolute atomic E-state index is 12.9. The van der Waals surface area contributed by atoms with Crippen LogP contribution in [0, 0.1) is 0 Å². The molecule has 0 saturated carbocycles. The van der Waals surface area contributed by atoms with Crippen molar-refractivity contribution < 1.29 is 173 Å². The minimum Gasteiger partial charge on any atom is -0.394 e. The lowest BCUT2D eigenvalue weighted by atomic mass is 9.94. The molecule has 500 valence electrons. The molecule has 0 radical (unpaired) electrons. The molecule has 0 aromatic carbocycles. The highest BCUT2D eigenvalue weighted by Crippen LogP contribution is 2.37. The molecule has 3 amide bonds. The van der Waals surface area contributed by atoms with E-state index in [1.807, 2.05) is 0 Å². The van der Waals surface area contributed by atoms with Crippen molar-refractivity contribution in [2.45, 2.75) is 236 Å². The van der Waals surface area contributed by atoms with Gasteiger partial charge in [-0.15, -0.1) is 0 Å². The second-order valence-corrected chi connectivity index (χ2v) is 21.6. The minimum atomic E-state index is -2.36. The Balaban J connectivity index is 1.27. The quantitative estimate of drug-likeness (QED) is 0.0404. The van der Waals surface area contributed by atoms with Gasteiger partial charge in [-0.2, -0.15) is 0 Å². The molecule has 6 saturated heterocycles. The molecule has 6 fully saturated rings. The van der Waals surface area contributed by atoms with Crippen LogP contribution in [0.25, 0.3) is 0 Å². The maximum Gasteiger partial charge on any atom is 0.217 e. The molecule has 86 heavy (non-hydrogen) atoms. The van der Waals surface area contributed by atoms with Crippen LogP contribution in [0.4, 0.5) is 0 Å². The van der Waals surface area contributed by atoms with E-state index in [-0.39, 0.29) is 0 Å². The minimum absolute atomic E-state index is 0.823. The molecule has 34 atom stereocenters. The topological polar surface area (TPSA) is 603 Å². The van der Waals surface area contributed by atoms with E-state index in [0.29, 0.717) is 0 Å². The van der Waals surface area contributed by atoms with Crippen LogP contribution in [-0.2, 0) is 71.2 Å². The summed E-state index contributed by atoms with van der Waals surface area (Å²) >= 11 is 0. The molecule has 6 aliphatic heterocycles. The molecule has 0 aromatic heterocycles. The van der Waals surface area contributed by atoms with Crippen molar-refractivity contribution >= 4 is 17.7 Å². The Labute approximate surface area is 488 Å². The first-order chi connectivity index (χ1) is 40.6. The van der Waals surface area contributed by atoms with Crippen LogP contribution < -0.4 is 16.0 Å². The molecule has 0 bridgehead atoms. The molecule has 6 aliphatic rings. The Hall–Kier alpha value is -2.87. The summed E-state index contributed by atoms with van der Waals surface area (Å²) in [4.78, 5) is 37.9. The van der Waals surface area contributed by atoms with Crippen LogP contribution in [0.3, 0.4) is 0 Å². The van der Waals surface area contributed by atoms with Gasteiger partial charge in [-0.1, -0.05) is 0 Å². The summed E-state index contributed by atoms with van der Waals surface area (Å²) in [6.45, 7) is -3.01. The highest BCUT2D eigenvalue weighted by Gasteiger charge is 2.58. The number of ether oxygens (including phenoxy) is 12. The lowest BCUT2D eigenvalue weighted by Crippen LogP contribution is -2.70. The summed E-state index contributed by atoms with van der Waals surface area (Å²) in [6, 6.07) is -5.37. The number of aliphatic hydroxyl groups excluding tert-OH is 20. The predicted octanol–water partition coefficient (Wildman–Crippen LogP) is -15.2. The molecule has 23 N–H and O–H groups in total. The van der Waals surface area contributed by atoms with E-state index < -0.39 is 272 Å². The van der Waals surface area contributed by atoms with Crippen molar-refractivity contribution in [3.8, 4) is 0 Å². The molecule has 0 spiro atoms. The third-order valence-electron chi connectivity index (χ3n) is 15.3. The lowest BCUT2D eigenvalue weighted by molar-refractivity contribution is -0.403. The Bertz CT molecular complexity index is 2110. The first-order valence-electron chi connectivity index (χ1n) is 27.4. The van der Waals surface area contributed by atoms with Crippen LogP contribution in [-0.4, -0.2) is 375 Å². The second kappa shape index (κ2) is 31.9. The van der Waals surface area contributed by atoms with Gasteiger partial charge in [-0.3, -0.25) is 14.4 Å². The van der Waals surface area contributed by atoms with Gasteiger partial charge in [0.2, 0.25) is 17.7 Å². The number of carbonyl (C=O) groups excluding carboxylic acids is 3. The van der Waals surface area contributed by atoms with Crippen molar-refractivity contribution in [1.82, 2.24) is 16.0 Å². The molecule has 6 rings (SSSR count). The highest BCUT2D eigenvalue weighted by atomic mass is 16.8. The van der Waals surface area contributed by atoms with Gasteiger partial charge >= 0.3 is 0 Å². The first-order valence-corrected chi connectivity index (χ1v) is 27.4. The number of hydrogen-bond acceptors (Lipinski definition) is 35. The average molecular weight is 1260 g/mol. The van der Waals surface area contributed by atoms with Crippen molar-refractivity contribution in [2.75, 3.05) is 46.2 Å². The van der Waals surface area contributed by atoms with Crippen LogP contribution >= 0.6 is 0 Å². The van der Waals surface area contributed by atoms with Crippen molar-refractivity contribution in [1.29, 1.82) is 0 Å². The van der Waals surface area contributed by atoms with E-state index in [1.165, 1.54) is 6.92 Å². The lowest BCUT2D eigenvalue weighted by Gasteiger charge is -2.51. The third kappa shape index (κ3) is 16.4. The number of nitrogens with one attached hydrogen (secondary N) is 3. The fourth-order valence-corrected chi connectivity index (χ4v) is 10.6. The molecule has 0 unspecified atom stereocenters. The van der Waals surface area contributed by atoms with Gasteiger partial charge in [0, 0.05) is 20.8 Å². The number of hydrogen-bond donors (Lipinski definition) is 23. The van der Waals surface area contributed by atoms with E-state index in [1.54, 1.807) is 0 Å². The molecule has 6 heterocycles. The summed E-state index contributed by atoms with van der Waals surface area (Å²) in [7, 11) is 0. The second-order valence-electron chi connectivity index (χ2n) is 21.6. The Morgan fingerprint density at radius 2 is 0.802 bits per heavy atom. The zero-order chi connectivity index (χ0) is 63.9. The van der Waals surface area contributed by atoms with Crippen molar-refractivity contribution in [3.63, 3.8) is 0 Å². The predicted molar refractivity (Wildman–Crippen MR) is 267 cm³/mol. The molecule has 38 heteroatoms. The monoisotopic (exact) mass is 1260 g/mol. The number of amides is 3. The van der Waals surface area contributed by atoms with E-state index >= 15 is 0 Å². The molecular weight excluding hydrogens is 1180 g/mol. The maximum atomic E-state index is 12.9. The van der Waals surface area contributed by atoms with E-state index in [0.717, 1.165) is 20.8 Å². The summed E-state index contributed by atoms with van der Waals surface area (Å²) in [5.41, 5.74) is 0. The third-order valence-corrected chi connectivity index (χ3v) is 15.3. The van der Waals surface area contributed by atoms with Crippen LogP contribution in [0.2, 0.25) is 0 Å². The summed E-state index contributed by atoms with van der Waals surface area (Å²) < 4.78 is 69.8. The van der Waals surface area contributed by atoms with Gasteiger partial charge in [-0.05, 0) is 6.92 Å². The standard InChI is InChI=1S/C48H83N3O35/c1-12-25(62)32(69)35(72)45(76-12)86-42-41(85-47-37(74)34(71)28(65)19(7-54)78-47)29(66)20(8-55)79-48(42)84-40-22(10-57)81-44(24(31(40)68)51-15(4)60)82-38(16(5-52)49-13(2)58)26(63)17(61)11-75-43-23(50-14(3)59)30(67)39(21(9-56)80-43)83-46-36(73)33(70)27(64)18(6-53)77-46/h12,16-48,52-57,61-74H,5-11H2,1-4H3,(H,49,58)(H,50,59)(H,51,60)/t12-,16-,17+,18+,19+,20+,21+,22+,23+,24+,25+,26-,27-,28-,29-,30+,31+,32+,33-,34-,35-,36+,37+,38+,39+,40+,41-,42+,43+,44-,45-,46-,47+,48-/m0/s1. The van der Waals surface area contributed by atoms with Crippen LogP contribution in [0.1, 0.15) is 27.7 Å². The average Bonchev–Trinajstić information content (AvgIpc) is 0.880. The van der Waals surface area contributed by atoms with Crippen LogP contribution in [0.15, 0.2) is 0 Å². The summed E-state index contributed by atoms with van der Waals surface area (Å²) in [5.74, 6) is -2.63. The molecule has 0 aromatic rings. The van der Waals surface area contributed by atoms with Gasteiger partial charge in [-0.25, -0.2) is 0 Å². The molecular formula is C48H83N3O35. The fourth-order valence-electron chi connectivity index (χ4n) is 10.6. The fraction of sp³-hybridized carbons (Fsp3) is 0.938. The summed E-state index contributed by atoms with van der Waals surface area (Å²) in [6.07, 6.45) is -60.3. The Morgan fingerprint density at radius 1 is 0.419 bits per heavy atom. The zero-order valence-electron chi connectivity index (χ0n) is 46.6. The van der Waals surface area contributed by atoms with Gasteiger partial charge in [0.05, 0.1) is 58.4 Å². The Morgan fingerprint density at radius 3 is 1.26 bits per heavy atom. The van der Waals surface area contributed by atoms with E-state index in [4.69, 9.17) is 56.8 Å². The number of aliphatic hydroxyl groups is 20. The smallest absolute Gasteiger partial charge is 0.217 e. The van der Waals surface area contributed by atoms with Gasteiger partial charge in [0.15, 0.2) is 37.7 Å². The van der Waals surface area contributed by atoms with Gasteiger partial charge in [0.1, 0.15) is 159 Å². The van der Waals surface area contributed by atoms with E-state index in [9.17, 15) is 117 Å². The normalized spacial score (nSPS) is 45.5. The number of rotatable bonds is 25. The Kier molecular flexibility index (Phi) is 26.8. The first kappa shape index (κ1) is 72.2. The van der Waals surface area contributed by atoms with Gasteiger partial charge < -0.3 is 175 Å². The van der Waals surface area contributed by atoms with E-state index in [2.05, 4.69) is 16.0 Å². The highest BCUT2D eigenvalue weighted by molar-refractivity contribution is 5.74. The number of carbonyl (C=O) groups is 3. The SMILES string of the molecule is CC(=O)N[C@H]1[C@H](OC[C@@H](O)[C@H](O)[C@H](O[C@@H]2O[C@H](CO)[C@@H](O[C@@H]3O[C@H](CO)[C@H](O)[C@H](O[C@H]4O[C@H](CO)[C@H](O)[C@H](O)[C@H]4O)[C@H]3O[C@@H]3O[C@@H](C)[C@@H](O)[C@@H](O)[C@@H]3O)[C@H](O)[C@H]2NC(C)=O)[C@H](CO)NC(C)=O)O[C@H](CO)[C@@H](O[C@@H]2O[C@H](CO)[C@H](O)[C@H](O)[C@H]2O)[C@@H]1O.